The van der Waals surface area contributed by atoms with Gasteiger partial charge in [-0.1, -0.05) is 28.9 Å². The predicted molar refractivity (Wildman–Crippen MR) is 116 cm³/mol. The van der Waals surface area contributed by atoms with Crippen LogP contribution in [0.1, 0.15) is 11.5 Å². The summed E-state index contributed by atoms with van der Waals surface area (Å²) >= 11 is 7.67. The summed E-state index contributed by atoms with van der Waals surface area (Å²) in [6.07, 6.45) is 0.604. The highest BCUT2D eigenvalue weighted by molar-refractivity contribution is 14.0. The van der Waals surface area contributed by atoms with Gasteiger partial charge >= 0.3 is 0 Å². The third-order valence-electron chi connectivity index (χ3n) is 3.45. The molecule has 9 heteroatoms. The minimum absolute atomic E-state index is 0. The van der Waals surface area contributed by atoms with E-state index in [4.69, 9.17) is 16.1 Å². The van der Waals surface area contributed by atoms with Crippen LogP contribution in [0, 0.1) is 0 Å². The van der Waals surface area contributed by atoms with Crippen LogP contribution in [0.2, 0.25) is 5.02 Å². The average molecular weight is 504 g/mol. The van der Waals surface area contributed by atoms with Gasteiger partial charge in [0.05, 0.1) is 0 Å². The molecule has 0 aliphatic rings. The molecule has 138 valence electrons. The Morgan fingerprint density at radius 2 is 2.19 bits per heavy atom. The van der Waals surface area contributed by atoms with Gasteiger partial charge in [0.1, 0.15) is 0 Å². The first-order chi connectivity index (χ1) is 12.2. The topological polar surface area (TPSA) is 75.3 Å². The zero-order chi connectivity index (χ0) is 17.5. The SMILES string of the molecule is CN=C(NCCc1nc(-c2cccc(Cl)c2)no1)NCc1ccsc1.I. The summed E-state index contributed by atoms with van der Waals surface area (Å²) in [5.74, 6) is 1.84. The Labute approximate surface area is 178 Å². The van der Waals surface area contributed by atoms with Crippen LogP contribution in [-0.2, 0) is 13.0 Å². The Hall–Kier alpha value is -1.65. The standard InChI is InChI=1S/C17H18ClN5OS.HI/c1-19-17(21-10-12-6-8-25-11-12)20-7-5-15-22-16(23-24-15)13-3-2-4-14(18)9-13;/h2-4,6,8-9,11H,5,7,10H2,1H3,(H2,19,20,21);1H. The molecule has 1 aromatic carbocycles. The Morgan fingerprint density at radius 3 is 2.92 bits per heavy atom. The molecule has 0 saturated carbocycles. The monoisotopic (exact) mass is 503 g/mol. The van der Waals surface area contributed by atoms with Gasteiger partial charge in [-0.15, -0.1) is 24.0 Å². The van der Waals surface area contributed by atoms with E-state index in [1.54, 1.807) is 18.4 Å². The largest absolute Gasteiger partial charge is 0.356 e. The smallest absolute Gasteiger partial charge is 0.228 e. The lowest BCUT2D eigenvalue weighted by atomic mass is 10.2. The van der Waals surface area contributed by atoms with Crippen LogP contribution in [0.5, 0.6) is 0 Å². The number of nitrogens with one attached hydrogen (secondary N) is 2. The number of benzene rings is 1. The maximum absolute atomic E-state index is 5.99. The van der Waals surface area contributed by atoms with Crippen molar-refractivity contribution in [1.29, 1.82) is 0 Å². The zero-order valence-electron chi connectivity index (χ0n) is 14.1. The first-order valence-corrected chi connectivity index (χ1v) is 9.11. The number of hydrogen-bond acceptors (Lipinski definition) is 5. The summed E-state index contributed by atoms with van der Waals surface area (Å²) in [4.78, 5) is 8.59. The summed E-state index contributed by atoms with van der Waals surface area (Å²) in [5.41, 5.74) is 2.07. The molecule has 0 amide bonds. The lowest BCUT2D eigenvalue weighted by molar-refractivity contribution is 0.378. The van der Waals surface area contributed by atoms with Crippen molar-refractivity contribution >= 4 is 52.9 Å². The van der Waals surface area contributed by atoms with E-state index in [2.05, 4.69) is 42.6 Å². The molecule has 0 unspecified atom stereocenters. The quantitative estimate of drug-likeness (QED) is 0.302. The third-order valence-corrected chi connectivity index (χ3v) is 4.41. The van der Waals surface area contributed by atoms with Crippen LogP contribution in [0.3, 0.4) is 0 Å². The van der Waals surface area contributed by atoms with Crippen molar-refractivity contribution in [3.8, 4) is 11.4 Å². The van der Waals surface area contributed by atoms with Crippen LogP contribution >= 0.6 is 46.9 Å². The summed E-state index contributed by atoms with van der Waals surface area (Å²) in [7, 11) is 1.74. The maximum Gasteiger partial charge on any atom is 0.228 e. The lowest BCUT2D eigenvalue weighted by Gasteiger charge is -2.10. The molecule has 2 heterocycles. The predicted octanol–water partition coefficient (Wildman–Crippen LogP) is 3.98. The number of thiophene rings is 1. The maximum atomic E-state index is 5.99. The number of rotatable bonds is 6. The third kappa shape index (κ3) is 5.96. The second-order valence-corrected chi connectivity index (χ2v) is 6.47. The fourth-order valence-electron chi connectivity index (χ4n) is 2.19. The van der Waals surface area contributed by atoms with E-state index in [-0.39, 0.29) is 24.0 Å². The van der Waals surface area contributed by atoms with Crippen molar-refractivity contribution in [1.82, 2.24) is 20.8 Å². The van der Waals surface area contributed by atoms with Gasteiger partial charge in [0.2, 0.25) is 11.7 Å². The highest BCUT2D eigenvalue weighted by Crippen LogP contribution is 2.19. The van der Waals surface area contributed by atoms with Gasteiger partial charge in [-0.05, 0) is 34.5 Å². The normalized spacial score (nSPS) is 11.1. The van der Waals surface area contributed by atoms with Crippen molar-refractivity contribution in [3.63, 3.8) is 0 Å². The molecule has 0 aliphatic heterocycles. The molecule has 0 atom stereocenters. The second kappa shape index (κ2) is 10.5. The number of halogens is 2. The van der Waals surface area contributed by atoms with E-state index in [0.29, 0.717) is 29.7 Å². The summed E-state index contributed by atoms with van der Waals surface area (Å²) in [6.45, 7) is 1.38. The van der Waals surface area contributed by atoms with Gasteiger partial charge in [0, 0.05) is 37.1 Å². The van der Waals surface area contributed by atoms with Crippen LogP contribution in [0.15, 0.2) is 50.6 Å². The number of hydrogen-bond donors (Lipinski definition) is 2. The van der Waals surface area contributed by atoms with Crippen LogP contribution in [0.4, 0.5) is 0 Å². The van der Waals surface area contributed by atoms with Crippen LogP contribution < -0.4 is 10.6 Å². The molecule has 3 aromatic rings. The van der Waals surface area contributed by atoms with Gasteiger partial charge in [-0.3, -0.25) is 4.99 Å². The fourth-order valence-corrected chi connectivity index (χ4v) is 3.05. The Kier molecular flexibility index (Phi) is 8.33. The summed E-state index contributed by atoms with van der Waals surface area (Å²) in [5, 5.41) is 15.3. The molecule has 2 aromatic heterocycles. The average Bonchev–Trinajstić information content (AvgIpc) is 3.30. The van der Waals surface area contributed by atoms with Gasteiger partial charge in [-0.2, -0.15) is 16.3 Å². The second-order valence-electron chi connectivity index (χ2n) is 5.26. The van der Waals surface area contributed by atoms with Crippen molar-refractivity contribution in [2.24, 2.45) is 4.99 Å². The van der Waals surface area contributed by atoms with E-state index in [9.17, 15) is 0 Å². The number of aromatic nitrogens is 2. The first-order valence-electron chi connectivity index (χ1n) is 7.78. The molecular formula is C17H19ClIN5OS. The molecule has 26 heavy (non-hydrogen) atoms. The van der Waals surface area contributed by atoms with Gasteiger partial charge in [-0.25, -0.2) is 0 Å². The highest BCUT2D eigenvalue weighted by atomic mass is 127. The lowest BCUT2D eigenvalue weighted by Crippen LogP contribution is -2.37. The first kappa shape index (κ1) is 20.7. The molecule has 0 fully saturated rings. The highest BCUT2D eigenvalue weighted by Gasteiger charge is 2.09. The van der Waals surface area contributed by atoms with Crippen LogP contribution in [0.25, 0.3) is 11.4 Å². The van der Waals surface area contributed by atoms with E-state index < -0.39 is 0 Å². The molecule has 0 radical (unpaired) electrons. The molecule has 0 saturated heterocycles. The van der Waals surface area contributed by atoms with Crippen molar-refractivity contribution in [2.75, 3.05) is 13.6 Å². The molecular weight excluding hydrogens is 485 g/mol. The Morgan fingerprint density at radius 1 is 1.31 bits per heavy atom. The minimum atomic E-state index is 0. The minimum Gasteiger partial charge on any atom is -0.356 e. The van der Waals surface area contributed by atoms with Gasteiger partial charge < -0.3 is 15.2 Å². The van der Waals surface area contributed by atoms with Crippen molar-refractivity contribution in [2.45, 2.75) is 13.0 Å². The molecule has 2 N–H and O–H groups in total. The summed E-state index contributed by atoms with van der Waals surface area (Å²) in [6, 6.07) is 9.46. The molecule has 0 aliphatic carbocycles. The van der Waals surface area contributed by atoms with E-state index in [0.717, 1.165) is 18.1 Å². The Bertz CT molecular complexity index is 837. The van der Waals surface area contributed by atoms with Gasteiger partial charge in [0.15, 0.2) is 5.96 Å². The van der Waals surface area contributed by atoms with Crippen LogP contribution in [-0.4, -0.2) is 29.7 Å². The number of nitrogens with zero attached hydrogens (tertiary/aromatic N) is 3. The van der Waals surface area contributed by atoms with E-state index in [1.807, 2.05) is 24.3 Å². The van der Waals surface area contributed by atoms with E-state index >= 15 is 0 Å². The van der Waals surface area contributed by atoms with Crippen molar-refractivity contribution < 1.29 is 4.52 Å². The molecule has 3 rings (SSSR count). The van der Waals surface area contributed by atoms with Crippen molar-refractivity contribution in [3.05, 3.63) is 57.6 Å². The number of guanidine groups is 1. The fraction of sp³-hybridized carbons (Fsp3) is 0.235. The van der Waals surface area contributed by atoms with E-state index in [1.165, 1.54) is 5.56 Å². The summed E-state index contributed by atoms with van der Waals surface area (Å²) < 4.78 is 5.29. The molecule has 6 nitrogen and oxygen atoms in total. The number of aliphatic imine (C=N–C) groups is 1. The Balaban J connectivity index is 0.00000243. The van der Waals surface area contributed by atoms with Gasteiger partial charge in [0.25, 0.3) is 0 Å². The zero-order valence-corrected chi connectivity index (χ0v) is 18.0. The molecule has 0 spiro atoms. The molecule has 0 bridgehead atoms.